The topological polar surface area (TPSA) is 132 Å². The molecule has 0 saturated carbocycles. The highest BCUT2D eigenvalue weighted by molar-refractivity contribution is 9.10. The van der Waals surface area contributed by atoms with Gasteiger partial charge in [-0.3, -0.25) is 14.8 Å². The second kappa shape index (κ2) is 12.6. The first-order valence-corrected chi connectivity index (χ1v) is 13.4. The van der Waals surface area contributed by atoms with Crippen LogP contribution >= 0.6 is 28.1 Å². The molecule has 0 bridgehead atoms. The van der Waals surface area contributed by atoms with Crippen molar-refractivity contribution in [1.82, 2.24) is 15.3 Å². The number of carbonyl (C=O) groups is 1. The summed E-state index contributed by atoms with van der Waals surface area (Å²) in [6.07, 6.45) is 4.69. The fourth-order valence-electron chi connectivity index (χ4n) is 2.87. The van der Waals surface area contributed by atoms with Crippen LogP contribution in [0.4, 0.5) is 11.5 Å². The van der Waals surface area contributed by atoms with E-state index >= 15 is 0 Å². The average molecular weight is 595 g/mol. The Balaban J connectivity index is 1.59. The van der Waals surface area contributed by atoms with E-state index in [-0.39, 0.29) is 21.7 Å². The fraction of sp³-hybridized carbons (Fsp3) is 0.217. The molecule has 2 aromatic carbocycles. The van der Waals surface area contributed by atoms with Crippen molar-refractivity contribution in [2.75, 3.05) is 23.8 Å². The molecule has 3 aromatic rings. The Morgan fingerprint density at radius 3 is 2.50 bits per heavy atom. The van der Waals surface area contributed by atoms with Crippen LogP contribution in [-0.4, -0.2) is 43.1 Å². The van der Waals surface area contributed by atoms with Crippen LogP contribution in [0.1, 0.15) is 30.1 Å². The van der Waals surface area contributed by atoms with Gasteiger partial charge in [0.05, 0.1) is 23.1 Å². The lowest BCUT2D eigenvalue weighted by Crippen LogP contribution is -2.34. The number of unbranched alkanes of at least 4 members (excludes halogenated alkanes) is 1. The average Bonchev–Trinajstić information content (AvgIpc) is 2.85. The summed E-state index contributed by atoms with van der Waals surface area (Å²) >= 11 is 8.64. The zero-order chi connectivity index (χ0) is 26.1. The van der Waals surface area contributed by atoms with Gasteiger partial charge in [-0.05, 0) is 77.0 Å². The molecule has 1 heterocycles. The third kappa shape index (κ3) is 7.35. The van der Waals surface area contributed by atoms with Gasteiger partial charge in [-0.1, -0.05) is 13.3 Å². The summed E-state index contributed by atoms with van der Waals surface area (Å²) in [4.78, 5) is 20.4. The van der Waals surface area contributed by atoms with Gasteiger partial charge in [0, 0.05) is 23.6 Å². The minimum Gasteiger partial charge on any atom is -0.492 e. The number of anilines is 2. The third-order valence-electron chi connectivity index (χ3n) is 4.69. The van der Waals surface area contributed by atoms with Gasteiger partial charge in [0.2, 0.25) is 5.82 Å². The van der Waals surface area contributed by atoms with Gasteiger partial charge in [-0.25, -0.2) is 18.4 Å². The first kappa shape index (κ1) is 27.3. The molecule has 10 nitrogen and oxygen atoms in total. The van der Waals surface area contributed by atoms with Crippen molar-refractivity contribution in [1.29, 1.82) is 0 Å². The minimum atomic E-state index is -3.94. The first-order valence-electron chi connectivity index (χ1n) is 10.8. The molecule has 0 unspecified atom stereocenters. The SMILES string of the molecule is CCCCOc1ccc(C(=O)NC(=S)Nc2ccc(S(=O)(=O)Nc3nccnc3OC)cc2)cc1Br. The molecule has 0 spiro atoms. The highest BCUT2D eigenvalue weighted by Gasteiger charge is 2.18. The maximum Gasteiger partial charge on any atom is 0.263 e. The van der Waals surface area contributed by atoms with Crippen molar-refractivity contribution in [3.8, 4) is 11.6 Å². The molecule has 13 heteroatoms. The number of methoxy groups -OCH3 is 1. The Bertz CT molecular complexity index is 1340. The predicted molar refractivity (Wildman–Crippen MR) is 144 cm³/mol. The Kier molecular flexibility index (Phi) is 9.56. The van der Waals surface area contributed by atoms with E-state index < -0.39 is 15.9 Å². The van der Waals surface area contributed by atoms with E-state index in [1.54, 1.807) is 18.2 Å². The lowest BCUT2D eigenvalue weighted by atomic mass is 10.2. The molecule has 0 aliphatic rings. The van der Waals surface area contributed by atoms with E-state index in [9.17, 15) is 13.2 Å². The molecule has 3 N–H and O–H groups in total. The van der Waals surface area contributed by atoms with Gasteiger partial charge >= 0.3 is 0 Å². The van der Waals surface area contributed by atoms with Crippen LogP contribution in [0.5, 0.6) is 11.6 Å². The molecule has 0 aliphatic carbocycles. The van der Waals surface area contributed by atoms with E-state index in [2.05, 4.69) is 48.2 Å². The molecular formula is C23H24BrN5O5S2. The number of ether oxygens (including phenoxy) is 2. The quantitative estimate of drug-likeness (QED) is 0.232. The van der Waals surface area contributed by atoms with E-state index in [1.807, 2.05) is 0 Å². The number of nitrogens with one attached hydrogen (secondary N) is 3. The minimum absolute atomic E-state index is 0.0122. The van der Waals surface area contributed by atoms with Crippen LogP contribution < -0.4 is 24.8 Å². The van der Waals surface area contributed by atoms with Gasteiger partial charge in [0.1, 0.15) is 5.75 Å². The molecule has 3 rings (SSSR count). The molecule has 36 heavy (non-hydrogen) atoms. The summed E-state index contributed by atoms with van der Waals surface area (Å²) in [6, 6.07) is 10.8. The Labute approximate surface area is 223 Å². The molecule has 0 fully saturated rings. The van der Waals surface area contributed by atoms with Crippen LogP contribution in [-0.2, 0) is 10.0 Å². The van der Waals surface area contributed by atoms with E-state index in [0.29, 0.717) is 28.1 Å². The van der Waals surface area contributed by atoms with Crippen molar-refractivity contribution >= 4 is 60.7 Å². The number of carbonyl (C=O) groups excluding carboxylic acids is 1. The van der Waals surface area contributed by atoms with E-state index in [0.717, 1.165) is 12.8 Å². The summed E-state index contributed by atoms with van der Waals surface area (Å²) in [5.41, 5.74) is 0.873. The standard InChI is InChI=1S/C23H24BrN5O5S2/c1-3-4-13-34-19-10-5-15(14-18(19)24)21(30)28-23(35)27-16-6-8-17(9-7-16)36(31,32)29-20-22(33-2)26-12-11-25-20/h5-12,14H,3-4,13H2,1-2H3,(H,25,29)(H2,27,28,30,35). The summed E-state index contributed by atoms with van der Waals surface area (Å²) in [7, 11) is -2.58. The van der Waals surface area contributed by atoms with Gasteiger partial charge in [-0.15, -0.1) is 0 Å². The van der Waals surface area contributed by atoms with Gasteiger partial charge in [-0.2, -0.15) is 0 Å². The predicted octanol–water partition coefficient (Wildman–Crippen LogP) is 4.35. The molecular weight excluding hydrogens is 570 g/mol. The summed E-state index contributed by atoms with van der Waals surface area (Å²) < 4.78 is 39.1. The number of sulfonamides is 1. The lowest BCUT2D eigenvalue weighted by molar-refractivity contribution is 0.0977. The summed E-state index contributed by atoms with van der Waals surface area (Å²) in [5, 5.41) is 5.50. The van der Waals surface area contributed by atoms with Gasteiger partial charge in [0.15, 0.2) is 5.11 Å². The lowest BCUT2D eigenvalue weighted by Gasteiger charge is -2.12. The first-order chi connectivity index (χ1) is 17.2. The highest BCUT2D eigenvalue weighted by atomic mass is 79.9. The molecule has 0 radical (unpaired) electrons. The van der Waals surface area contributed by atoms with Crippen molar-refractivity contribution in [2.45, 2.75) is 24.7 Å². The van der Waals surface area contributed by atoms with Crippen LogP contribution in [0.25, 0.3) is 0 Å². The maximum atomic E-state index is 12.7. The van der Waals surface area contributed by atoms with Crippen molar-refractivity contribution in [3.63, 3.8) is 0 Å². The monoisotopic (exact) mass is 593 g/mol. The molecule has 0 atom stereocenters. The molecule has 0 saturated heterocycles. The number of hydrogen-bond donors (Lipinski definition) is 3. The highest BCUT2D eigenvalue weighted by Crippen LogP contribution is 2.26. The molecule has 190 valence electrons. The Morgan fingerprint density at radius 1 is 1.11 bits per heavy atom. The van der Waals surface area contributed by atoms with Crippen molar-refractivity contribution in [2.24, 2.45) is 0 Å². The van der Waals surface area contributed by atoms with Crippen LogP contribution in [0, 0.1) is 0 Å². The van der Waals surface area contributed by atoms with Gasteiger partial charge < -0.3 is 14.8 Å². The Morgan fingerprint density at radius 2 is 1.83 bits per heavy atom. The number of hydrogen-bond acceptors (Lipinski definition) is 8. The summed E-state index contributed by atoms with van der Waals surface area (Å²) in [5.74, 6) is 0.266. The van der Waals surface area contributed by atoms with Crippen LogP contribution in [0.15, 0.2) is 64.2 Å². The molecule has 1 amide bonds. The summed E-state index contributed by atoms with van der Waals surface area (Å²) in [6.45, 7) is 2.68. The van der Waals surface area contributed by atoms with Crippen LogP contribution in [0.2, 0.25) is 0 Å². The van der Waals surface area contributed by atoms with Crippen molar-refractivity contribution < 1.29 is 22.7 Å². The molecule has 0 aliphatic heterocycles. The van der Waals surface area contributed by atoms with Crippen molar-refractivity contribution in [3.05, 3.63) is 64.9 Å². The molecule has 1 aromatic heterocycles. The number of benzene rings is 2. The number of amides is 1. The largest absolute Gasteiger partial charge is 0.492 e. The smallest absolute Gasteiger partial charge is 0.263 e. The third-order valence-corrected chi connectivity index (χ3v) is 6.87. The number of aromatic nitrogens is 2. The van der Waals surface area contributed by atoms with E-state index in [4.69, 9.17) is 21.7 Å². The number of nitrogens with zero attached hydrogens (tertiary/aromatic N) is 2. The number of halogens is 1. The normalized spacial score (nSPS) is 10.9. The van der Waals surface area contributed by atoms with Gasteiger partial charge in [0.25, 0.3) is 21.8 Å². The number of thiocarbonyl (C=S) groups is 1. The van der Waals surface area contributed by atoms with Crippen LogP contribution in [0.3, 0.4) is 0 Å². The zero-order valence-electron chi connectivity index (χ0n) is 19.4. The second-order valence-electron chi connectivity index (χ2n) is 7.30. The Hall–Kier alpha value is -3.29. The zero-order valence-corrected chi connectivity index (χ0v) is 22.7. The fourth-order valence-corrected chi connectivity index (χ4v) is 4.58. The second-order valence-corrected chi connectivity index (χ2v) is 10.2. The maximum absolute atomic E-state index is 12.7. The number of rotatable bonds is 10. The van der Waals surface area contributed by atoms with E-state index in [1.165, 1.54) is 43.8 Å².